The summed E-state index contributed by atoms with van der Waals surface area (Å²) in [4.78, 5) is 30.0. The van der Waals surface area contributed by atoms with Crippen molar-refractivity contribution in [1.82, 2.24) is 9.88 Å². The third kappa shape index (κ3) is 3.46. The van der Waals surface area contributed by atoms with Gasteiger partial charge >= 0.3 is 12.0 Å². The number of carboxylic acids is 1. The van der Waals surface area contributed by atoms with E-state index in [1.165, 1.54) is 16.2 Å². The van der Waals surface area contributed by atoms with Gasteiger partial charge in [-0.3, -0.25) is 9.78 Å². The number of hydrogen-bond acceptors (Lipinski definition) is 4. The van der Waals surface area contributed by atoms with Crippen LogP contribution in [0, 0.1) is 5.92 Å². The van der Waals surface area contributed by atoms with Gasteiger partial charge < -0.3 is 15.3 Å². The van der Waals surface area contributed by atoms with Crippen LogP contribution in [0.5, 0.6) is 0 Å². The summed E-state index contributed by atoms with van der Waals surface area (Å²) in [7, 11) is 0. The van der Waals surface area contributed by atoms with Crippen molar-refractivity contribution in [3.8, 4) is 10.6 Å². The second-order valence-corrected chi connectivity index (χ2v) is 6.92. The summed E-state index contributed by atoms with van der Waals surface area (Å²) in [6, 6.07) is 6.81. The van der Waals surface area contributed by atoms with Gasteiger partial charge in [-0.05, 0) is 30.7 Å². The van der Waals surface area contributed by atoms with Crippen LogP contribution in [0.1, 0.15) is 6.42 Å². The number of likely N-dealkylation sites (tertiary alicyclic amines) is 1. The molecule has 23 heavy (non-hydrogen) atoms. The number of amides is 2. The number of carbonyl (C=O) groups excluding carboxylic acids is 1. The van der Waals surface area contributed by atoms with Crippen LogP contribution >= 0.6 is 22.9 Å². The predicted molar refractivity (Wildman–Crippen MR) is 88.9 cm³/mol. The van der Waals surface area contributed by atoms with Gasteiger partial charge in [0.05, 0.1) is 20.8 Å². The summed E-state index contributed by atoms with van der Waals surface area (Å²) >= 11 is 7.34. The standard InChI is InChI=1S/C15H14ClN3O3S/c16-12-4-3-11(23-12)13-10(2-1-6-17-13)18-15(22)19-7-5-9(8-19)14(20)21/h1-4,6,9H,5,7-8H2,(H,18,22)(H,20,21). The monoisotopic (exact) mass is 351 g/mol. The molecule has 0 radical (unpaired) electrons. The normalized spacial score (nSPS) is 17.3. The van der Waals surface area contributed by atoms with Crippen molar-refractivity contribution < 1.29 is 14.7 Å². The van der Waals surface area contributed by atoms with E-state index >= 15 is 0 Å². The highest BCUT2D eigenvalue weighted by Crippen LogP contribution is 2.34. The number of nitrogens with zero attached hydrogens (tertiary/aromatic N) is 2. The second kappa shape index (κ2) is 6.55. The van der Waals surface area contributed by atoms with E-state index in [-0.39, 0.29) is 12.6 Å². The Morgan fingerprint density at radius 1 is 1.39 bits per heavy atom. The Morgan fingerprint density at radius 2 is 2.22 bits per heavy atom. The number of carbonyl (C=O) groups is 2. The van der Waals surface area contributed by atoms with Crippen molar-refractivity contribution in [2.45, 2.75) is 6.42 Å². The third-order valence-electron chi connectivity index (χ3n) is 3.68. The lowest BCUT2D eigenvalue weighted by Crippen LogP contribution is -2.34. The molecule has 0 saturated carbocycles. The van der Waals surface area contributed by atoms with E-state index in [2.05, 4.69) is 10.3 Å². The Kier molecular flexibility index (Phi) is 4.49. The molecule has 0 bridgehead atoms. The second-order valence-electron chi connectivity index (χ2n) is 5.20. The van der Waals surface area contributed by atoms with Gasteiger partial charge in [0.25, 0.3) is 0 Å². The van der Waals surface area contributed by atoms with Crippen molar-refractivity contribution in [1.29, 1.82) is 0 Å². The molecular weight excluding hydrogens is 338 g/mol. The largest absolute Gasteiger partial charge is 0.481 e. The maximum Gasteiger partial charge on any atom is 0.321 e. The predicted octanol–water partition coefficient (Wildman–Crippen LogP) is 3.40. The minimum atomic E-state index is -0.865. The highest BCUT2D eigenvalue weighted by molar-refractivity contribution is 7.19. The zero-order valence-electron chi connectivity index (χ0n) is 12.0. The SMILES string of the molecule is O=C(O)C1CCN(C(=O)Nc2cccnc2-c2ccc(Cl)s2)C1. The summed E-state index contributed by atoms with van der Waals surface area (Å²) in [5, 5.41) is 11.8. The minimum Gasteiger partial charge on any atom is -0.481 e. The van der Waals surface area contributed by atoms with Crippen molar-refractivity contribution in [3.63, 3.8) is 0 Å². The number of anilines is 1. The smallest absolute Gasteiger partial charge is 0.321 e. The van der Waals surface area contributed by atoms with Crippen molar-refractivity contribution >= 4 is 40.6 Å². The Morgan fingerprint density at radius 3 is 2.87 bits per heavy atom. The summed E-state index contributed by atoms with van der Waals surface area (Å²) < 4.78 is 0.645. The number of nitrogens with one attached hydrogen (secondary N) is 1. The molecule has 2 aromatic heterocycles. The molecule has 2 aromatic rings. The van der Waals surface area contributed by atoms with Gasteiger partial charge in [-0.1, -0.05) is 11.6 Å². The van der Waals surface area contributed by atoms with Gasteiger partial charge in [0.1, 0.15) is 5.69 Å². The molecule has 1 fully saturated rings. The van der Waals surface area contributed by atoms with Crippen LogP contribution in [0.15, 0.2) is 30.5 Å². The molecule has 120 valence electrons. The summed E-state index contributed by atoms with van der Waals surface area (Å²) in [5.41, 5.74) is 1.22. The van der Waals surface area contributed by atoms with Crippen LogP contribution < -0.4 is 5.32 Å². The number of hydrogen-bond donors (Lipinski definition) is 2. The Balaban J connectivity index is 1.76. The van der Waals surface area contributed by atoms with E-state index in [1.54, 1.807) is 24.4 Å². The van der Waals surface area contributed by atoms with E-state index in [0.29, 0.717) is 28.7 Å². The van der Waals surface area contributed by atoms with Gasteiger partial charge in [-0.25, -0.2) is 4.79 Å². The molecule has 6 nitrogen and oxygen atoms in total. The van der Waals surface area contributed by atoms with Crippen LogP contribution in [0.2, 0.25) is 4.34 Å². The fraction of sp³-hybridized carbons (Fsp3) is 0.267. The number of rotatable bonds is 3. The quantitative estimate of drug-likeness (QED) is 0.887. The lowest BCUT2D eigenvalue weighted by atomic mass is 10.1. The molecule has 2 N–H and O–H groups in total. The molecule has 2 amide bonds. The third-order valence-corrected chi connectivity index (χ3v) is 4.92. The zero-order chi connectivity index (χ0) is 16.4. The van der Waals surface area contributed by atoms with E-state index < -0.39 is 11.9 Å². The number of thiophene rings is 1. The minimum absolute atomic E-state index is 0.224. The van der Waals surface area contributed by atoms with E-state index in [9.17, 15) is 9.59 Å². The zero-order valence-corrected chi connectivity index (χ0v) is 13.6. The molecule has 1 aliphatic rings. The molecule has 0 spiro atoms. The van der Waals surface area contributed by atoms with E-state index in [1.807, 2.05) is 6.07 Å². The van der Waals surface area contributed by atoms with E-state index in [4.69, 9.17) is 16.7 Å². The van der Waals surface area contributed by atoms with E-state index in [0.717, 1.165) is 4.88 Å². The molecule has 1 aliphatic heterocycles. The van der Waals surface area contributed by atoms with Gasteiger partial charge in [-0.2, -0.15) is 0 Å². The molecule has 3 rings (SSSR count). The van der Waals surface area contributed by atoms with Crippen LogP contribution in [0.4, 0.5) is 10.5 Å². The number of aliphatic carboxylic acids is 1. The Bertz CT molecular complexity index is 749. The Hall–Kier alpha value is -2.12. The van der Waals surface area contributed by atoms with Crippen molar-refractivity contribution in [2.75, 3.05) is 18.4 Å². The van der Waals surface area contributed by atoms with Crippen LogP contribution in [-0.4, -0.2) is 40.1 Å². The molecule has 1 unspecified atom stereocenters. The van der Waals surface area contributed by atoms with Gasteiger partial charge in [0, 0.05) is 19.3 Å². The first-order valence-electron chi connectivity index (χ1n) is 7.04. The lowest BCUT2D eigenvalue weighted by molar-refractivity contribution is -0.141. The first-order valence-corrected chi connectivity index (χ1v) is 8.23. The molecule has 3 heterocycles. The molecular formula is C15H14ClN3O3S. The molecule has 1 atom stereocenters. The number of pyridine rings is 1. The first kappa shape index (κ1) is 15.8. The maximum atomic E-state index is 12.3. The number of urea groups is 1. The summed E-state index contributed by atoms with van der Waals surface area (Å²) in [6.07, 6.45) is 2.12. The summed E-state index contributed by atoms with van der Waals surface area (Å²) in [6.45, 7) is 0.658. The first-order chi connectivity index (χ1) is 11.0. The van der Waals surface area contributed by atoms with Crippen LogP contribution in [0.25, 0.3) is 10.6 Å². The highest BCUT2D eigenvalue weighted by Gasteiger charge is 2.31. The number of aromatic nitrogens is 1. The molecule has 8 heteroatoms. The molecule has 1 saturated heterocycles. The van der Waals surface area contributed by atoms with Crippen molar-refractivity contribution in [3.05, 3.63) is 34.8 Å². The van der Waals surface area contributed by atoms with Gasteiger partial charge in [0.15, 0.2) is 0 Å². The number of halogens is 1. The maximum absolute atomic E-state index is 12.3. The fourth-order valence-corrected chi connectivity index (χ4v) is 3.54. The summed E-state index contributed by atoms with van der Waals surface area (Å²) in [5.74, 6) is -1.36. The molecule has 0 aliphatic carbocycles. The van der Waals surface area contributed by atoms with Crippen LogP contribution in [0.3, 0.4) is 0 Å². The number of carboxylic acid groups (broad SMARTS) is 1. The van der Waals surface area contributed by atoms with Gasteiger partial charge in [-0.15, -0.1) is 11.3 Å². The van der Waals surface area contributed by atoms with Crippen molar-refractivity contribution in [2.24, 2.45) is 5.92 Å². The average Bonchev–Trinajstić information content (AvgIpc) is 3.17. The van der Waals surface area contributed by atoms with Gasteiger partial charge in [0.2, 0.25) is 0 Å². The van der Waals surface area contributed by atoms with Crippen LogP contribution in [-0.2, 0) is 4.79 Å². The molecule has 0 aromatic carbocycles. The Labute approximate surface area is 141 Å². The highest BCUT2D eigenvalue weighted by atomic mass is 35.5. The topological polar surface area (TPSA) is 82.5 Å². The fourth-order valence-electron chi connectivity index (χ4n) is 2.48. The lowest BCUT2D eigenvalue weighted by Gasteiger charge is -2.17. The average molecular weight is 352 g/mol.